The molecule has 0 bridgehead atoms. The van der Waals surface area contributed by atoms with Gasteiger partial charge in [-0.15, -0.1) is 0 Å². The molecule has 70 valence electrons. The van der Waals surface area contributed by atoms with Crippen LogP contribution in [0.3, 0.4) is 0 Å². The van der Waals surface area contributed by atoms with Crippen LogP contribution in [0.15, 0.2) is 17.1 Å². The van der Waals surface area contributed by atoms with Crippen LogP contribution in [0.4, 0.5) is 10.1 Å². The van der Waals surface area contributed by atoms with E-state index in [1.165, 1.54) is 6.08 Å². The molecule has 1 aliphatic heterocycles. The van der Waals surface area contributed by atoms with Crippen molar-refractivity contribution in [3.05, 3.63) is 29.1 Å². The molecule has 1 aliphatic rings. The van der Waals surface area contributed by atoms with E-state index in [0.29, 0.717) is 5.56 Å². The molecule has 0 saturated carbocycles. The van der Waals surface area contributed by atoms with Gasteiger partial charge >= 0.3 is 0 Å². The number of nitrogens with one attached hydrogen (secondary N) is 1. The van der Waals surface area contributed by atoms with Gasteiger partial charge in [-0.25, -0.2) is 9.18 Å². The van der Waals surface area contributed by atoms with E-state index in [4.69, 9.17) is 0 Å². The molecule has 1 heterocycles. The molecule has 0 aromatic heterocycles. The molecule has 0 aliphatic carbocycles. The SMILES string of the molecule is O=C=Nc1cc(F)cc2c1CNC2=O. The number of fused-ring (bicyclic) bond motifs is 1. The Hall–Kier alpha value is -2.00. The van der Waals surface area contributed by atoms with Crippen molar-refractivity contribution >= 4 is 17.7 Å². The lowest BCUT2D eigenvalue weighted by Gasteiger charge is -1.99. The number of rotatable bonds is 1. The molecule has 0 saturated heterocycles. The minimum atomic E-state index is -0.588. The first-order valence-electron chi connectivity index (χ1n) is 3.91. The first-order chi connectivity index (χ1) is 6.72. The van der Waals surface area contributed by atoms with Gasteiger partial charge in [-0.2, -0.15) is 4.99 Å². The van der Waals surface area contributed by atoms with Crippen LogP contribution in [0.25, 0.3) is 0 Å². The third-order valence-electron chi connectivity index (χ3n) is 2.03. The second-order valence-electron chi connectivity index (χ2n) is 2.84. The van der Waals surface area contributed by atoms with Crippen molar-refractivity contribution in [3.63, 3.8) is 0 Å². The molecule has 1 N–H and O–H groups in total. The molecule has 2 rings (SSSR count). The number of hydrogen-bond acceptors (Lipinski definition) is 3. The van der Waals surface area contributed by atoms with Crippen molar-refractivity contribution in [3.8, 4) is 0 Å². The van der Waals surface area contributed by atoms with E-state index in [-0.39, 0.29) is 23.7 Å². The Balaban J connectivity index is 2.68. The zero-order valence-electron chi connectivity index (χ0n) is 7.00. The Bertz CT molecular complexity index is 464. The van der Waals surface area contributed by atoms with Gasteiger partial charge in [0.1, 0.15) is 5.82 Å². The van der Waals surface area contributed by atoms with Crippen LogP contribution >= 0.6 is 0 Å². The maximum absolute atomic E-state index is 12.9. The van der Waals surface area contributed by atoms with Gasteiger partial charge in [0.25, 0.3) is 5.91 Å². The summed E-state index contributed by atoms with van der Waals surface area (Å²) in [6.45, 7) is 0.273. The molecular formula is C9H5FN2O2. The first kappa shape index (κ1) is 8.59. The Morgan fingerprint density at radius 2 is 2.29 bits per heavy atom. The van der Waals surface area contributed by atoms with Crippen LogP contribution in [-0.2, 0) is 11.3 Å². The normalized spacial score (nSPS) is 13.1. The molecular weight excluding hydrogens is 187 g/mol. The molecule has 1 aromatic carbocycles. The maximum Gasteiger partial charge on any atom is 0.252 e. The van der Waals surface area contributed by atoms with E-state index >= 15 is 0 Å². The summed E-state index contributed by atoms with van der Waals surface area (Å²) in [6, 6.07) is 2.23. The minimum absolute atomic E-state index is 0.161. The van der Waals surface area contributed by atoms with E-state index in [0.717, 1.165) is 12.1 Å². The zero-order valence-corrected chi connectivity index (χ0v) is 7.00. The number of hydrogen-bond donors (Lipinski definition) is 1. The van der Waals surface area contributed by atoms with Crippen molar-refractivity contribution < 1.29 is 14.0 Å². The summed E-state index contributed by atoms with van der Waals surface area (Å²) in [5.41, 5.74) is 0.937. The molecule has 0 spiro atoms. The first-order valence-corrected chi connectivity index (χ1v) is 3.91. The summed E-state index contributed by atoms with van der Waals surface area (Å²) in [5, 5.41) is 2.52. The van der Waals surface area contributed by atoms with Gasteiger partial charge in [0.05, 0.1) is 5.69 Å². The summed E-state index contributed by atoms with van der Waals surface area (Å²) in [7, 11) is 0. The third-order valence-corrected chi connectivity index (χ3v) is 2.03. The summed E-state index contributed by atoms with van der Waals surface area (Å²) < 4.78 is 12.9. The highest BCUT2D eigenvalue weighted by Crippen LogP contribution is 2.27. The summed E-state index contributed by atoms with van der Waals surface area (Å²) in [5.74, 6) is -0.934. The van der Waals surface area contributed by atoms with Gasteiger partial charge in [-0.3, -0.25) is 4.79 Å². The number of isocyanates is 1. The van der Waals surface area contributed by atoms with Crippen LogP contribution in [0, 0.1) is 5.82 Å². The lowest BCUT2D eigenvalue weighted by Crippen LogP contribution is -2.12. The smallest absolute Gasteiger partial charge is 0.252 e. The van der Waals surface area contributed by atoms with Crippen molar-refractivity contribution in [2.45, 2.75) is 6.54 Å². The molecule has 0 radical (unpaired) electrons. The van der Waals surface area contributed by atoms with Crippen LogP contribution in [0.2, 0.25) is 0 Å². The van der Waals surface area contributed by atoms with E-state index < -0.39 is 5.82 Å². The highest BCUT2D eigenvalue weighted by Gasteiger charge is 2.22. The number of amides is 1. The van der Waals surface area contributed by atoms with Crippen LogP contribution in [-0.4, -0.2) is 12.0 Å². The van der Waals surface area contributed by atoms with E-state index in [9.17, 15) is 14.0 Å². The number of aliphatic imine (C=N–C) groups is 1. The highest BCUT2D eigenvalue weighted by atomic mass is 19.1. The van der Waals surface area contributed by atoms with Crippen LogP contribution < -0.4 is 5.32 Å². The van der Waals surface area contributed by atoms with E-state index in [2.05, 4.69) is 10.3 Å². The summed E-state index contributed by atoms with van der Waals surface area (Å²) in [4.78, 5) is 24.5. The Kier molecular flexibility index (Phi) is 1.87. The van der Waals surface area contributed by atoms with Crippen molar-refractivity contribution in [1.82, 2.24) is 5.32 Å². The number of carbonyl (C=O) groups is 1. The topological polar surface area (TPSA) is 58.5 Å². The second-order valence-corrected chi connectivity index (χ2v) is 2.84. The molecule has 5 heteroatoms. The Morgan fingerprint density at radius 1 is 1.50 bits per heavy atom. The average molecular weight is 192 g/mol. The molecule has 4 nitrogen and oxygen atoms in total. The predicted octanol–water partition coefficient (Wildman–Crippen LogP) is 1.04. The van der Waals surface area contributed by atoms with Gasteiger partial charge in [-0.05, 0) is 6.07 Å². The predicted molar refractivity (Wildman–Crippen MR) is 45.4 cm³/mol. The van der Waals surface area contributed by atoms with Gasteiger partial charge in [0.2, 0.25) is 6.08 Å². The molecule has 0 fully saturated rings. The number of nitrogens with zero attached hydrogens (tertiary/aromatic N) is 1. The minimum Gasteiger partial charge on any atom is -0.348 e. The lowest BCUT2D eigenvalue weighted by atomic mass is 10.1. The van der Waals surface area contributed by atoms with Crippen molar-refractivity contribution in [1.29, 1.82) is 0 Å². The van der Waals surface area contributed by atoms with E-state index in [1.54, 1.807) is 0 Å². The Morgan fingerprint density at radius 3 is 3.00 bits per heavy atom. The van der Waals surface area contributed by atoms with Gasteiger partial charge in [0, 0.05) is 23.7 Å². The zero-order chi connectivity index (χ0) is 10.1. The molecule has 0 unspecified atom stereocenters. The maximum atomic E-state index is 12.9. The molecule has 1 aromatic rings. The molecule has 1 amide bonds. The second kappa shape index (κ2) is 3.05. The van der Waals surface area contributed by atoms with Crippen molar-refractivity contribution in [2.75, 3.05) is 0 Å². The average Bonchev–Trinajstić information content (AvgIpc) is 2.49. The fraction of sp³-hybridized carbons (Fsp3) is 0.111. The number of carbonyl (C=O) groups excluding carboxylic acids is 2. The number of benzene rings is 1. The van der Waals surface area contributed by atoms with Crippen LogP contribution in [0.1, 0.15) is 15.9 Å². The summed E-state index contributed by atoms with van der Waals surface area (Å²) in [6.07, 6.45) is 1.33. The van der Waals surface area contributed by atoms with Crippen LogP contribution in [0.5, 0.6) is 0 Å². The highest BCUT2D eigenvalue weighted by molar-refractivity contribution is 5.99. The molecule has 0 atom stereocenters. The summed E-state index contributed by atoms with van der Waals surface area (Å²) >= 11 is 0. The fourth-order valence-corrected chi connectivity index (χ4v) is 1.42. The van der Waals surface area contributed by atoms with Gasteiger partial charge in [0.15, 0.2) is 0 Å². The van der Waals surface area contributed by atoms with E-state index in [1.807, 2.05) is 0 Å². The molecule has 14 heavy (non-hydrogen) atoms. The Labute approximate surface area is 78.5 Å². The quantitative estimate of drug-likeness (QED) is 0.533. The third kappa shape index (κ3) is 1.20. The monoisotopic (exact) mass is 192 g/mol. The number of halogens is 1. The van der Waals surface area contributed by atoms with Gasteiger partial charge < -0.3 is 5.32 Å². The standard InChI is InChI=1S/C9H5FN2O2/c10-5-1-6-7(3-11-9(6)14)8(2-5)12-4-13/h1-2H,3H2,(H,11,14). The van der Waals surface area contributed by atoms with Crippen molar-refractivity contribution in [2.24, 2.45) is 4.99 Å². The fourth-order valence-electron chi connectivity index (χ4n) is 1.42. The lowest BCUT2D eigenvalue weighted by molar-refractivity contribution is 0.0965. The van der Waals surface area contributed by atoms with Gasteiger partial charge in [-0.1, -0.05) is 0 Å². The largest absolute Gasteiger partial charge is 0.348 e.